The molecule has 0 aliphatic rings. The van der Waals surface area contributed by atoms with Gasteiger partial charge in [-0.05, 0) is 51.4 Å². The van der Waals surface area contributed by atoms with E-state index in [-0.39, 0.29) is 31.1 Å². The van der Waals surface area contributed by atoms with E-state index in [0.717, 1.165) is 64.2 Å². The lowest BCUT2D eigenvalue weighted by atomic mass is 10.0. The van der Waals surface area contributed by atoms with E-state index in [1.54, 1.807) is 0 Å². The number of hydrogen-bond donors (Lipinski definition) is 0. The molecule has 0 bridgehead atoms. The van der Waals surface area contributed by atoms with Crippen LogP contribution in [0, 0.1) is 0 Å². The standard InChI is InChI=1S/C77H146O6/c1-4-7-10-13-16-19-21-23-25-27-29-31-33-35-36-37-38-39-40-41-43-44-46-48-50-52-54-56-58-61-64-67-70-76(79)82-73-74(72-81-75(78)69-66-63-60-18-15-12-9-6-3)83-77(80)71-68-65-62-59-57-55-53-51-49-47-45-42-34-32-30-28-26-24-22-20-17-14-11-8-5-2/h22,24,28,30,74H,4-21,23,25-27,29,31-73H2,1-3H3/b24-22-,30-28-. The Hall–Kier alpha value is -2.11. The van der Waals surface area contributed by atoms with Crippen LogP contribution in [0.3, 0.4) is 0 Å². The minimum Gasteiger partial charge on any atom is -0.462 e. The van der Waals surface area contributed by atoms with Crippen LogP contribution in [0.5, 0.6) is 0 Å². The molecule has 0 spiro atoms. The van der Waals surface area contributed by atoms with Crippen molar-refractivity contribution in [2.75, 3.05) is 13.2 Å². The third-order valence-corrected chi connectivity index (χ3v) is 17.5. The molecule has 0 fully saturated rings. The maximum absolute atomic E-state index is 12.9. The Bertz CT molecular complexity index is 1340. The van der Waals surface area contributed by atoms with Crippen molar-refractivity contribution in [3.8, 4) is 0 Å². The van der Waals surface area contributed by atoms with Crippen LogP contribution in [0.15, 0.2) is 24.3 Å². The van der Waals surface area contributed by atoms with Crippen LogP contribution in [0.2, 0.25) is 0 Å². The van der Waals surface area contributed by atoms with Crippen molar-refractivity contribution in [2.45, 2.75) is 438 Å². The van der Waals surface area contributed by atoms with E-state index >= 15 is 0 Å². The highest BCUT2D eigenvalue weighted by atomic mass is 16.6. The van der Waals surface area contributed by atoms with Gasteiger partial charge in [0, 0.05) is 19.3 Å². The van der Waals surface area contributed by atoms with E-state index in [0.29, 0.717) is 19.3 Å². The first-order valence-corrected chi connectivity index (χ1v) is 37.8. The summed E-state index contributed by atoms with van der Waals surface area (Å²) in [5.74, 6) is -0.839. The van der Waals surface area contributed by atoms with Gasteiger partial charge in [-0.2, -0.15) is 0 Å². The first-order chi connectivity index (χ1) is 41.0. The molecule has 6 heteroatoms. The highest BCUT2D eigenvalue weighted by Crippen LogP contribution is 2.20. The Morgan fingerprint density at radius 1 is 0.241 bits per heavy atom. The van der Waals surface area contributed by atoms with E-state index in [2.05, 4.69) is 45.1 Å². The molecule has 0 aromatic heterocycles. The Labute approximate surface area is 519 Å². The van der Waals surface area contributed by atoms with Crippen LogP contribution in [-0.4, -0.2) is 37.2 Å². The summed E-state index contributed by atoms with van der Waals surface area (Å²) < 4.78 is 16.9. The molecule has 0 rings (SSSR count). The monoisotopic (exact) mass is 1170 g/mol. The lowest BCUT2D eigenvalue weighted by molar-refractivity contribution is -0.167. The molecule has 1 unspecified atom stereocenters. The molecule has 83 heavy (non-hydrogen) atoms. The fraction of sp³-hybridized carbons (Fsp3) is 0.909. The fourth-order valence-electron chi connectivity index (χ4n) is 11.8. The van der Waals surface area contributed by atoms with Crippen LogP contribution in [-0.2, 0) is 28.6 Å². The number of carbonyl (C=O) groups excluding carboxylic acids is 3. The van der Waals surface area contributed by atoms with Crippen molar-refractivity contribution >= 4 is 17.9 Å². The normalized spacial score (nSPS) is 12.1. The lowest BCUT2D eigenvalue weighted by Gasteiger charge is -2.18. The van der Waals surface area contributed by atoms with Crippen LogP contribution >= 0.6 is 0 Å². The second-order valence-electron chi connectivity index (χ2n) is 25.9. The molecule has 0 heterocycles. The van der Waals surface area contributed by atoms with Crippen LogP contribution in [0.25, 0.3) is 0 Å². The number of allylic oxidation sites excluding steroid dienone is 4. The Morgan fingerprint density at radius 3 is 0.663 bits per heavy atom. The summed E-state index contributed by atoms with van der Waals surface area (Å²) in [4.78, 5) is 38.3. The lowest BCUT2D eigenvalue weighted by Crippen LogP contribution is -2.30. The number of rotatable bonds is 71. The van der Waals surface area contributed by atoms with Crippen LogP contribution < -0.4 is 0 Å². The molecule has 490 valence electrons. The minimum atomic E-state index is -0.767. The summed E-state index contributed by atoms with van der Waals surface area (Å²) in [6.07, 6.45) is 89.8. The topological polar surface area (TPSA) is 78.9 Å². The number of esters is 3. The molecular formula is C77H146O6. The third kappa shape index (κ3) is 70.5. The van der Waals surface area contributed by atoms with Gasteiger partial charge in [0.1, 0.15) is 13.2 Å². The highest BCUT2D eigenvalue weighted by Gasteiger charge is 2.20. The zero-order chi connectivity index (χ0) is 59.9. The van der Waals surface area contributed by atoms with E-state index in [4.69, 9.17) is 14.2 Å². The van der Waals surface area contributed by atoms with Crippen molar-refractivity contribution in [3.63, 3.8) is 0 Å². The van der Waals surface area contributed by atoms with E-state index < -0.39 is 6.10 Å². The van der Waals surface area contributed by atoms with Crippen LogP contribution in [0.4, 0.5) is 0 Å². The third-order valence-electron chi connectivity index (χ3n) is 17.5. The van der Waals surface area contributed by atoms with Crippen molar-refractivity contribution in [2.24, 2.45) is 0 Å². The first kappa shape index (κ1) is 80.9. The molecule has 1 atom stereocenters. The molecule has 0 saturated heterocycles. The average Bonchev–Trinajstić information content (AvgIpc) is 3.49. The van der Waals surface area contributed by atoms with E-state index in [1.807, 2.05) is 0 Å². The molecule has 0 N–H and O–H groups in total. The van der Waals surface area contributed by atoms with Gasteiger partial charge in [0.05, 0.1) is 0 Å². The summed E-state index contributed by atoms with van der Waals surface area (Å²) in [5.41, 5.74) is 0. The minimum absolute atomic E-state index is 0.0650. The molecule has 6 nitrogen and oxygen atoms in total. The van der Waals surface area contributed by atoms with Gasteiger partial charge in [0.15, 0.2) is 6.10 Å². The Balaban J connectivity index is 3.99. The summed E-state index contributed by atoms with van der Waals surface area (Å²) in [7, 11) is 0. The molecule has 0 aromatic rings. The average molecular weight is 1170 g/mol. The second kappa shape index (κ2) is 72.4. The first-order valence-electron chi connectivity index (χ1n) is 37.8. The quantitative estimate of drug-likeness (QED) is 0.0261. The molecular weight excluding hydrogens is 1020 g/mol. The molecule has 0 radical (unpaired) electrons. The largest absolute Gasteiger partial charge is 0.462 e. The van der Waals surface area contributed by atoms with Gasteiger partial charge in [-0.25, -0.2) is 0 Å². The van der Waals surface area contributed by atoms with Crippen molar-refractivity contribution in [1.82, 2.24) is 0 Å². The summed E-state index contributed by atoms with van der Waals surface area (Å²) >= 11 is 0. The smallest absolute Gasteiger partial charge is 0.306 e. The summed E-state index contributed by atoms with van der Waals surface area (Å²) in [6, 6.07) is 0. The second-order valence-corrected chi connectivity index (χ2v) is 25.9. The van der Waals surface area contributed by atoms with Gasteiger partial charge in [0.2, 0.25) is 0 Å². The summed E-state index contributed by atoms with van der Waals surface area (Å²) in [6.45, 7) is 6.68. The maximum Gasteiger partial charge on any atom is 0.306 e. The van der Waals surface area contributed by atoms with Crippen LogP contribution in [0.1, 0.15) is 432 Å². The predicted molar refractivity (Wildman–Crippen MR) is 363 cm³/mol. The molecule has 0 aliphatic carbocycles. The molecule has 0 aliphatic heterocycles. The Morgan fingerprint density at radius 2 is 0.434 bits per heavy atom. The maximum atomic E-state index is 12.9. The molecule has 0 aromatic carbocycles. The fourth-order valence-corrected chi connectivity index (χ4v) is 11.8. The Kier molecular flexibility index (Phi) is 70.5. The zero-order valence-electron chi connectivity index (χ0n) is 56.5. The van der Waals surface area contributed by atoms with E-state index in [1.165, 1.54) is 327 Å². The van der Waals surface area contributed by atoms with Gasteiger partial charge < -0.3 is 14.2 Å². The van der Waals surface area contributed by atoms with Gasteiger partial charge in [0.25, 0.3) is 0 Å². The number of hydrogen-bond acceptors (Lipinski definition) is 6. The zero-order valence-corrected chi connectivity index (χ0v) is 56.5. The van der Waals surface area contributed by atoms with Gasteiger partial charge >= 0.3 is 17.9 Å². The van der Waals surface area contributed by atoms with Crippen molar-refractivity contribution < 1.29 is 28.6 Å². The number of ether oxygens (including phenoxy) is 3. The molecule has 0 saturated carbocycles. The number of unbranched alkanes of at least 4 members (excludes halogenated alkanes) is 56. The molecule has 0 amide bonds. The SMILES string of the molecule is CCCCCCC/C=C\C/C=C\CCCCCCCCCCCCCCCC(=O)OC(COC(=O)CCCCCCCCCC)COC(=O)CCCCCCCCCCCCCCCCCCCCCCCCCCCCCCCCCC. The van der Waals surface area contributed by atoms with Gasteiger partial charge in [-0.3, -0.25) is 14.4 Å². The van der Waals surface area contributed by atoms with Gasteiger partial charge in [-0.1, -0.05) is 385 Å². The summed E-state index contributed by atoms with van der Waals surface area (Å²) in [5, 5.41) is 0. The number of carbonyl (C=O) groups is 3. The van der Waals surface area contributed by atoms with Crippen molar-refractivity contribution in [3.05, 3.63) is 24.3 Å². The predicted octanol–water partition coefficient (Wildman–Crippen LogP) is 26.1. The highest BCUT2D eigenvalue weighted by molar-refractivity contribution is 5.71. The van der Waals surface area contributed by atoms with Crippen molar-refractivity contribution in [1.29, 1.82) is 0 Å². The van der Waals surface area contributed by atoms with E-state index in [9.17, 15) is 14.4 Å². The van der Waals surface area contributed by atoms with Gasteiger partial charge in [-0.15, -0.1) is 0 Å².